The van der Waals surface area contributed by atoms with Gasteiger partial charge in [-0.25, -0.2) is 9.97 Å². The predicted molar refractivity (Wildman–Crippen MR) is 113 cm³/mol. The van der Waals surface area contributed by atoms with Crippen LogP contribution in [0.15, 0.2) is 23.6 Å². The van der Waals surface area contributed by atoms with Crippen LogP contribution in [0.2, 0.25) is 10.0 Å². The van der Waals surface area contributed by atoms with E-state index in [2.05, 4.69) is 21.9 Å². The Labute approximate surface area is 172 Å². The third-order valence-electron chi connectivity index (χ3n) is 4.98. The molecule has 2 N–H and O–H groups in total. The standard InChI is InChI=1S/C19H20Cl2N4OS/c1-25-6-2-3-12(25)4-7-26-15-10-11(20)9-14(21)16(15)17-13-5-8-27-18(13)24-19(22)23-17/h5,8-10,12H,2-4,6-7H2,1H3,(H2,22,23,24). The molecule has 1 unspecified atom stereocenters. The Bertz CT molecular complexity index is 978. The van der Waals surface area contributed by atoms with E-state index in [0.717, 1.165) is 23.2 Å². The van der Waals surface area contributed by atoms with Crippen molar-refractivity contribution in [2.24, 2.45) is 0 Å². The van der Waals surface area contributed by atoms with Crippen molar-refractivity contribution in [1.82, 2.24) is 14.9 Å². The third-order valence-corrected chi connectivity index (χ3v) is 6.30. The Morgan fingerprint density at radius 2 is 2.19 bits per heavy atom. The summed E-state index contributed by atoms with van der Waals surface area (Å²) in [4.78, 5) is 11.9. The van der Waals surface area contributed by atoms with Crippen molar-refractivity contribution in [2.75, 3.05) is 25.9 Å². The molecule has 1 aliphatic heterocycles. The molecule has 142 valence electrons. The van der Waals surface area contributed by atoms with E-state index in [1.165, 1.54) is 24.2 Å². The van der Waals surface area contributed by atoms with E-state index in [9.17, 15) is 0 Å². The van der Waals surface area contributed by atoms with Crippen molar-refractivity contribution in [3.8, 4) is 17.0 Å². The summed E-state index contributed by atoms with van der Waals surface area (Å²) in [5.41, 5.74) is 7.30. The monoisotopic (exact) mass is 422 g/mol. The van der Waals surface area contributed by atoms with Crippen LogP contribution in [0.25, 0.3) is 21.5 Å². The highest BCUT2D eigenvalue weighted by molar-refractivity contribution is 7.16. The summed E-state index contributed by atoms with van der Waals surface area (Å²) in [5.74, 6) is 0.836. The fraction of sp³-hybridized carbons (Fsp3) is 0.368. The number of rotatable bonds is 5. The number of halogens is 2. The topological polar surface area (TPSA) is 64.3 Å². The van der Waals surface area contributed by atoms with Gasteiger partial charge in [-0.15, -0.1) is 11.3 Å². The Balaban J connectivity index is 1.68. The molecule has 8 heteroatoms. The highest BCUT2D eigenvalue weighted by Crippen LogP contribution is 2.42. The van der Waals surface area contributed by atoms with Gasteiger partial charge in [0.2, 0.25) is 5.95 Å². The smallest absolute Gasteiger partial charge is 0.221 e. The molecular formula is C19H20Cl2N4OS. The van der Waals surface area contributed by atoms with Gasteiger partial charge in [0.25, 0.3) is 0 Å². The maximum Gasteiger partial charge on any atom is 0.221 e. The number of ether oxygens (including phenoxy) is 1. The second-order valence-electron chi connectivity index (χ2n) is 6.74. The molecule has 1 aromatic carbocycles. The number of likely N-dealkylation sites (tertiary alicyclic amines) is 1. The summed E-state index contributed by atoms with van der Waals surface area (Å²) in [7, 11) is 2.16. The average molecular weight is 423 g/mol. The minimum atomic E-state index is 0.212. The van der Waals surface area contributed by atoms with Gasteiger partial charge < -0.3 is 15.4 Å². The summed E-state index contributed by atoms with van der Waals surface area (Å²) >= 11 is 14.3. The van der Waals surface area contributed by atoms with Crippen molar-refractivity contribution in [1.29, 1.82) is 0 Å². The van der Waals surface area contributed by atoms with Crippen molar-refractivity contribution in [3.63, 3.8) is 0 Å². The van der Waals surface area contributed by atoms with E-state index < -0.39 is 0 Å². The first-order valence-corrected chi connectivity index (χ1v) is 10.5. The molecule has 1 fully saturated rings. The summed E-state index contributed by atoms with van der Waals surface area (Å²) in [6.07, 6.45) is 3.41. The normalized spacial score (nSPS) is 17.7. The zero-order chi connectivity index (χ0) is 19.0. The molecule has 3 heterocycles. The van der Waals surface area contributed by atoms with Gasteiger partial charge in [-0.1, -0.05) is 23.2 Å². The molecule has 0 aliphatic carbocycles. The van der Waals surface area contributed by atoms with Gasteiger partial charge in [0.1, 0.15) is 10.6 Å². The lowest BCUT2D eigenvalue weighted by Crippen LogP contribution is -2.26. The maximum absolute atomic E-state index is 6.55. The molecule has 1 atom stereocenters. The number of aromatic nitrogens is 2. The van der Waals surface area contributed by atoms with Gasteiger partial charge in [-0.3, -0.25) is 0 Å². The number of nitrogen functional groups attached to an aromatic ring is 1. The van der Waals surface area contributed by atoms with Gasteiger partial charge in [0, 0.05) is 16.5 Å². The van der Waals surface area contributed by atoms with Gasteiger partial charge in [-0.05, 0) is 56.4 Å². The van der Waals surface area contributed by atoms with Crippen LogP contribution < -0.4 is 10.5 Å². The first kappa shape index (κ1) is 18.7. The highest BCUT2D eigenvalue weighted by atomic mass is 35.5. The second-order valence-corrected chi connectivity index (χ2v) is 8.48. The van der Waals surface area contributed by atoms with Crippen LogP contribution in [0.1, 0.15) is 19.3 Å². The lowest BCUT2D eigenvalue weighted by molar-refractivity contribution is 0.234. The molecule has 1 aliphatic rings. The minimum absolute atomic E-state index is 0.212. The molecule has 0 saturated carbocycles. The molecule has 0 radical (unpaired) electrons. The maximum atomic E-state index is 6.55. The molecule has 5 nitrogen and oxygen atoms in total. The van der Waals surface area contributed by atoms with Crippen molar-refractivity contribution in [3.05, 3.63) is 33.6 Å². The van der Waals surface area contributed by atoms with Gasteiger partial charge in [0.15, 0.2) is 0 Å². The first-order chi connectivity index (χ1) is 13.0. The van der Waals surface area contributed by atoms with Gasteiger partial charge >= 0.3 is 0 Å². The number of fused-ring (bicyclic) bond motifs is 1. The summed E-state index contributed by atoms with van der Waals surface area (Å²) in [6.45, 7) is 1.74. The fourth-order valence-electron chi connectivity index (χ4n) is 3.61. The molecule has 3 aromatic rings. The van der Waals surface area contributed by atoms with Crippen molar-refractivity contribution in [2.45, 2.75) is 25.3 Å². The van der Waals surface area contributed by atoms with Gasteiger partial charge in [0.05, 0.1) is 22.9 Å². The SMILES string of the molecule is CN1CCCC1CCOc1cc(Cl)cc(Cl)c1-c1nc(N)nc2sccc12. The van der Waals surface area contributed by atoms with E-state index in [-0.39, 0.29) is 5.95 Å². The van der Waals surface area contributed by atoms with Gasteiger partial charge in [-0.2, -0.15) is 0 Å². The van der Waals surface area contributed by atoms with E-state index in [1.807, 2.05) is 11.4 Å². The number of anilines is 1. The van der Waals surface area contributed by atoms with Crippen LogP contribution in [0.5, 0.6) is 5.75 Å². The summed E-state index contributed by atoms with van der Waals surface area (Å²) in [5, 5.41) is 3.88. The molecule has 4 rings (SSSR count). The fourth-order valence-corrected chi connectivity index (χ4v) is 4.94. The van der Waals surface area contributed by atoms with Crippen molar-refractivity contribution < 1.29 is 4.74 Å². The predicted octanol–water partition coefficient (Wildman–Crippen LogP) is 5.11. The lowest BCUT2D eigenvalue weighted by Gasteiger charge is -2.20. The number of hydrogen-bond donors (Lipinski definition) is 1. The zero-order valence-electron chi connectivity index (χ0n) is 14.9. The van der Waals surface area contributed by atoms with Crippen LogP contribution in [0.3, 0.4) is 0 Å². The molecule has 1 saturated heterocycles. The molecule has 2 aromatic heterocycles. The molecule has 27 heavy (non-hydrogen) atoms. The molecular weight excluding hydrogens is 403 g/mol. The number of thiophene rings is 1. The summed E-state index contributed by atoms with van der Waals surface area (Å²) in [6, 6.07) is 6.02. The van der Waals surface area contributed by atoms with Crippen LogP contribution in [-0.2, 0) is 0 Å². The van der Waals surface area contributed by atoms with E-state index in [1.54, 1.807) is 12.1 Å². The Kier molecular flexibility index (Phi) is 5.41. The van der Waals surface area contributed by atoms with Crippen molar-refractivity contribution >= 4 is 50.7 Å². The van der Waals surface area contributed by atoms with Crippen LogP contribution in [-0.4, -0.2) is 41.1 Å². The molecule has 0 spiro atoms. The lowest BCUT2D eigenvalue weighted by atomic mass is 10.1. The molecule has 0 amide bonds. The Morgan fingerprint density at radius 1 is 1.33 bits per heavy atom. The Morgan fingerprint density at radius 3 is 2.96 bits per heavy atom. The number of nitrogens with zero attached hydrogens (tertiary/aromatic N) is 3. The molecule has 0 bridgehead atoms. The van der Waals surface area contributed by atoms with E-state index in [0.29, 0.717) is 39.7 Å². The number of nitrogens with two attached hydrogens (primary N) is 1. The minimum Gasteiger partial charge on any atom is -0.493 e. The van der Waals surface area contributed by atoms with E-state index in [4.69, 9.17) is 33.7 Å². The summed E-state index contributed by atoms with van der Waals surface area (Å²) < 4.78 is 6.14. The quantitative estimate of drug-likeness (QED) is 0.618. The third kappa shape index (κ3) is 3.85. The van der Waals surface area contributed by atoms with Crippen LogP contribution in [0, 0.1) is 0 Å². The second kappa shape index (κ2) is 7.80. The first-order valence-electron chi connectivity index (χ1n) is 8.86. The number of hydrogen-bond acceptors (Lipinski definition) is 6. The largest absolute Gasteiger partial charge is 0.493 e. The number of benzene rings is 1. The van der Waals surface area contributed by atoms with E-state index >= 15 is 0 Å². The van der Waals surface area contributed by atoms with Crippen LogP contribution >= 0.6 is 34.5 Å². The highest BCUT2D eigenvalue weighted by Gasteiger charge is 2.22. The zero-order valence-corrected chi connectivity index (χ0v) is 17.2. The Hall–Kier alpha value is -1.60. The average Bonchev–Trinajstić information content (AvgIpc) is 3.23. The van der Waals surface area contributed by atoms with Crippen LogP contribution in [0.4, 0.5) is 5.95 Å².